The molecule has 6 nitrogen and oxygen atoms in total. The summed E-state index contributed by atoms with van der Waals surface area (Å²) in [7, 11) is 0. The van der Waals surface area contributed by atoms with Crippen molar-refractivity contribution in [3.63, 3.8) is 0 Å². The molecule has 2 aliphatic rings. The molecule has 32 heavy (non-hydrogen) atoms. The molecule has 1 N–H and O–H groups in total. The zero-order valence-electron chi connectivity index (χ0n) is 17.9. The Bertz CT molecular complexity index is 1080. The van der Waals surface area contributed by atoms with Gasteiger partial charge in [0.15, 0.2) is 0 Å². The molecule has 1 aliphatic heterocycles. The molecule has 2 unspecified atom stereocenters. The molecular weight excluding hydrogens is 400 g/mol. The van der Waals surface area contributed by atoms with Crippen LogP contribution in [0.5, 0.6) is 0 Å². The number of benzene rings is 2. The number of hydrogen-bond acceptors (Lipinski definition) is 4. The summed E-state index contributed by atoms with van der Waals surface area (Å²) in [5.74, 6) is 1.44. The van der Waals surface area contributed by atoms with Gasteiger partial charge in [0.1, 0.15) is 5.82 Å². The standard InChI is InChI=1S/C26H26N4O2/c31-25(28-21-9-5-2-6-10-21)20-11-12-24(27-18-20)29-13-15-30(16-14-29)26(32)23-17-22(23)19-7-3-1-4-8-19/h1-12,18,22-23H,13-17H2,(H,28,31). The van der Waals surface area contributed by atoms with Gasteiger partial charge in [0, 0.05) is 44.0 Å². The first-order chi connectivity index (χ1) is 15.7. The molecule has 0 radical (unpaired) electrons. The minimum absolute atomic E-state index is 0.129. The number of anilines is 2. The number of hydrogen-bond donors (Lipinski definition) is 1. The number of rotatable bonds is 5. The van der Waals surface area contributed by atoms with Gasteiger partial charge in [0.25, 0.3) is 5.91 Å². The first-order valence-corrected chi connectivity index (χ1v) is 11.1. The largest absolute Gasteiger partial charge is 0.353 e. The number of para-hydroxylation sites is 1. The van der Waals surface area contributed by atoms with Gasteiger partial charge in [-0.2, -0.15) is 0 Å². The van der Waals surface area contributed by atoms with Gasteiger partial charge in [-0.3, -0.25) is 9.59 Å². The molecule has 2 heterocycles. The minimum Gasteiger partial charge on any atom is -0.353 e. The van der Waals surface area contributed by atoms with E-state index >= 15 is 0 Å². The Labute approximate surface area is 187 Å². The van der Waals surface area contributed by atoms with E-state index in [1.54, 1.807) is 12.3 Å². The van der Waals surface area contributed by atoms with E-state index < -0.39 is 0 Å². The van der Waals surface area contributed by atoms with Crippen LogP contribution in [-0.4, -0.2) is 47.9 Å². The molecule has 1 saturated heterocycles. The molecule has 0 bridgehead atoms. The SMILES string of the molecule is O=C(Nc1ccccc1)c1ccc(N2CCN(C(=O)C3CC3c3ccccc3)CC2)nc1. The third-order valence-electron chi connectivity index (χ3n) is 6.29. The van der Waals surface area contributed by atoms with Crippen LogP contribution in [0.2, 0.25) is 0 Å². The summed E-state index contributed by atoms with van der Waals surface area (Å²) in [5, 5.41) is 2.87. The number of aromatic nitrogens is 1. The predicted molar refractivity (Wildman–Crippen MR) is 125 cm³/mol. The lowest BCUT2D eigenvalue weighted by atomic mass is 10.1. The van der Waals surface area contributed by atoms with Gasteiger partial charge in [0.05, 0.1) is 5.56 Å². The van der Waals surface area contributed by atoms with E-state index in [1.165, 1.54) is 5.56 Å². The summed E-state index contributed by atoms with van der Waals surface area (Å²) in [6, 6.07) is 23.4. The van der Waals surface area contributed by atoms with Crippen LogP contribution in [0.15, 0.2) is 79.0 Å². The van der Waals surface area contributed by atoms with Crippen LogP contribution in [0, 0.1) is 5.92 Å². The number of piperazine rings is 1. The van der Waals surface area contributed by atoms with Crippen LogP contribution < -0.4 is 10.2 Å². The van der Waals surface area contributed by atoms with Crippen LogP contribution in [0.25, 0.3) is 0 Å². The Balaban J connectivity index is 1.14. The molecule has 2 amide bonds. The second kappa shape index (κ2) is 8.83. The highest BCUT2D eigenvalue weighted by atomic mass is 16.2. The number of nitrogens with one attached hydrogen (secondary N) is 1. The van der Waals surface area contributed by atoms with Crippen molar-refractivity contribution in [2.75, 3.05) is 36.4 Å². The highest BCUT2D eigenvalue weighted by Crippen LogP contribution is 2.48. The fourth-order valence-electron chi connectivity index (χ4n) is 4.36. The molecule has 5 rings (SSSR count). The van der Waals surface area contributed by atoms with E-state index in [0.717, 1.165) is 31.0 Å². The topological polar surface area (TPSA) is 65.5 Å². The molecule has 3 aromatic rings. The van der Waals surface area contributed by atoms with Gasteiger partial charge in [-0.1, -0.05) is 48.5 Å². The summed E-state index contributed by atoms with van der Waals surface area (Å²) in [6.07, 6.45) is 2.57. The molecule has 2 atom stereocenters. The molecule has 2 aromatic carbocycles. The van der Waals surface area contributed by atoms with Crippen LogP contribution in [0.1, 0.15) is 28.3 Å². The minimum atomic E-state index is -0.178. The Morgan fingerprint density at radius 3 is 2.19 bits per heavy atom. The Kier molecular flexibility index (Phi) is 5.58. The highest BCUT2D eigenvalue weighted by Gasteiger charge is 2.46. The maximum atomic E-state index is 12.9. The normalized spacial score (nSPS) is 20.0. The Hall–Kier alpha value is -3.67. The first kappa shape index (κ1) is 20.2. The quantitative estimate of drug-likeness (QED) is 0.674. The van der Waals surface area contributed by atoms with Gasteiger partial charge >= 0.3 is 0 Å². The van der Waals surface area contributed by atoms with Crippen molar-refractivity contribution >= 4 is 23.3 Å². The number of nitrogens with zero attached hydrogens (tertiary/aromatic N) is 3. The van der Waals surface area contributed by atoms with Crippen LogP contribution in [0.3, 0.4) is 0 Å². The van der Waals surface area contributed by atoms with Gasteiger partial charge in [0.2, 0.25) is 5.91 Å². The van der Waals surface area contributed by atoms with Crippen LogP contribution in [-0.2, 0) is 4.79 Å². The van der Waals surface area contributed by atoms with Crippen molar-refractivity contribution in [2.45, 2.75) is 12.3 Å². The summed E-state index contributed by atoms with van der Waals surface area (Å²) in [6.45, 7) is 2.90. The van der Waals surface area contributed by atoms with Crippen LogP contribution >= 0.6 is 0 Å². The fourth-order valence-corrected chi connectivity index (χ4v) is 4.36. The van der Waals surface area contributed by atoms with Gasteiger partial charge in [-0.15, -0.1) is 0 Å². The van der Waals surface area contributed by atoms with Crippen molar-refractivity contribution in [3.8, 4) is 0 Å². The monoisotopic (exact) mass is 426 g/mol. The average Bonchev–Trinajstić information content (AvgIpc) is 3.66. The molecule has 1 saturated carbocycles. The predicted octanol–water partition coefficient (Wildman–Crippen LogP) is 3.79. The summed E-state index contributed by atoms with van der Waals surface area (Å²) >= 11 is 0. The van der Waals surface area contributed by atoms with Gasteiger partial charge in [-0.05, 0) is 42.2 Å². The lowest BCUT2D eigenvalue weighted by Crippen LogP contribution is -2.49. The van der Waals surface area contributed by atoms with Crippen molar-refractivity contribution in [1.29, 1.82) is 0 Å². The molecule has 6 heteroatoms. The third kappa shape index (κ3) is 4.35. The van der Waals surface area contributed by atoms with Crippen molar-refractivity contribution in [3.05, 3.63) is 90.1 Å². The summed E-state index contributed by atoms with van der Waals surface area (Å²) in [5.41, 5.74) is 2.55. The molecule has 2 fully saturated rings. The van der Waals surface area contributed by atoms with E-state index in [0.29, 0.717) is 24.6 Å². The maximum Gasteiger partial charge on any atom is 0.257 e. The molecule has 1 aromatic heterocycles. The van der Waals surface area contributed by atoms with Gasteiger partial charge in [-0.25, -0.2) is 4.98 Å². The summed E-state index contributed by atoms with van der Waals surface area (Å²) < 4.78 is 0. The number of carbonyl (C=O) groups is 2. The van der Waals surface area contributed by atoms with E-state index in [2.05, 4.69) is 27.3 Å². The highest BCUT2D eigenvalue weighted by molar-refractivity contribution is 6.04. The molecule has 0 spiro atoms. The number of carbonyl (C=O) groups excluding carboxylic acids is 2. The van der Waals surface area contributed by atoms with E-state index in [4.69, 9.17) is 0 Å². The molecule has 1 aliphatic carbocycles. The van der Waals surface area contributed by atoms with Crippen LogP contribution in [0.4, 0.5) is 11.5 Å². The van der Waals surface area contributed by atoms with E-state index in [9.17, 15) is 9.59 Å². The van der Waals surface area contributed by atoms with Crippen molar-refractivity contribution in [1.82, 2.24) is 9.88 Å². The van der Waals surface area contributed by atoms with Crippen molar-refractivity contribution in [2.24, 2.45) is 5.92 Å². The summed E-state index contributed by atoms with van der Waals surface area (Å²) in [4.78, 5) is 34.0. The average molecular weight is 427 g/mol. The lowest BCUT2D eigenvalue weighted by molar-refractivity contribution is -0.133. The van der Waals surface area contributed by atoms with Gasteiger partial charge < -0.3 is 15.1 Å². The molecule has 162 valence electrons. The second-order valence-corrected chi connectivity index (χ2v) is 8.40. The maximum absolute atomic E-state index is 12.9. The zero-order chi connectivity index (χ0) is 21.9. The van der Waals surface area contributed by atoms with Crippen molar-refractivity contribution < 1.29 is 9.59 Å². The Morgan fingerprint density at radius 1 is 0.844 bits per heavy atom. The smallest absolute Gasteiger partial charge is 0.257 e. The Morgan fingerprint density at radius 2 is 1.53 bits per heavy atom. The first-order valence-electron chi connectivity index (χ1n) is 11.1. The lowest BCUT2D eigenvalue weighted by Gasteiger charge is -2.35. The van der Waals surface area contributed by atoms with E-state index in [-0.39, 0.29) is 17.7 Å². The molecular formula is C26H26N4O2. The fraction of sp³-hybridized carbons (Fsp3) is 0.269. The second-order valence-electron chi connectivity index (χ2n) is 8.40. The third-order valence-corrected chi connectivity index (χ3v) is 6.29. The number of amides is 2. The number of pyridine rings is 1. The zero-order valence-corrected chi connectivity index (χ0v) is 17.9. The van der Waals surface area contributed by atoms with E-state index in [1.807, 2.05) is 59.5 Å².